The number of amides is 1. The molecule has 1 aliphatic heterocycles. The van der Waals surface area contributed by atoms with Gasteiger partial charge in [0.1, 0.15) is 11.9 Å². The van der Waals surface area contributed by atoms with Gasteiger partial charge >= 0.3 is 0 Å². The highest BCUT2D eigenvalue weighted by Crippen LogP contribution is 2.33. The molecule has 0 aliphatic carbocycles. The number of benzene rings is 3. The lowest BCUT2D eigenvalue weighted by Crippen LogP contribution is -2.48. The molecule has 3 aromatic rings. The SMILES string of the molecule is COc1ccc2cc(CNC(=O)C3Oc4ccccc4OC3C)ccc2c1. The number of fused-ring (bicyclic) bond motifs is 2. The van der Waals surface area contributed by atoms with Gasteiger partial charge in [0.05, 0.1) is 7.11 Å². The predicted molar refractivity (Wildman–Crippen MR) is 103 cm³/mol. The average molecular weight is 363 g/mol. The Labute approximate surface area is 157 Å². The standard InChI is InChI=1S/C22H21NO4/c1-14-21(27-20-6-4-3-5-19(20)26-14)22(24)23-13-15-7-8-17-12-18(25-2)10-9-16(17)11-15/h3-12,14,21H,13H2,1-2H3,(H,23,24). The van der Waals surface area contributed by atoms with Crippen LogP contribution in [0.15, 0.2) is 60.7 Å². The summed E-state index contributed by atoms with van der Waals surface area (Å²) in [5.41, 5.74) is 1.02. The van der Waals surface area contributed by atoms with Crippen LogP contribution in [0.25, 0.3) is 10.8 Å². The van der Waals surface area contributed by atoms with E-state index in [-0.39, 0.29) is 12.0 Å². The van der Waals surface area contributed by atoms with Gasteiger partial charge in [-0.1, -0.05) is 30.3 Å². The molecular weight excluding hydrogens is 342 g/mol. The first-order chi connectivity index (χ1) is 13.1. The van der Waals surface area contributed by atoms with E-state index >= 15 is 0 Å². The third kappa shape index (κ3) is 3.53. The number of methoxy groups -OCH3 is 1. The van der Waals surface area contributed by atoms with Gasteiger partial charge in [0.2, 0.25) is 6.10 Å². The zero-order chi connectivity index (χ0) is 18.8. The Morgan fingerprint density at radius 1 is 1.00 bits per heavy atom. The maximum absolute atomic E-state index is 12.6. The molecule has 1 N–H and O–H groups in total. The third-order valence-corrected chi connectivity index (χ3v) is 4.68. The van der Waals surface area contributed by atoms with Crippen molar-refractivity contribution < 1.29 is 19.0 Å². The molecule has 1 heterocycles. The molecular formula is C22H21NO4. The smallest absolute Gasteiger partial charge is 0.265 e. The zero-order valence-electron chi connectivity index (χ0n) is 15.3. The third-order valence-electron chi connectivity index (χ3n) is 4.68. The molecule has 1 amide bonds. The van der Waals surface area contributed by atoms with Crippen LogP contribution in [0.1, 0.15) is 12.5 Å². The number of rotatable bonds is 4. The van der Waals surface area contributed by atoms with E-state index < -0.39 is 6.10 Å². The van der Waals surface area contributed by atoms with E-state index in [0.717, 1.165) is 22.1 Å². The molecule has 0 saturated heterocycles. The van der Waals surface area contributed by atoms with Crippen molar-refractivity contribution in [1.29, 1.82) is 0 Å². The van der Waals surface area contributed by atoms with E-state index in [9.17, 15) is 4.79 Å². The highest BCUT2D eigenvalue weighted by molar-refractivity contribution is 5.85. The van der Waals surface area contributed by atoms with Crippen molar-refractivity contribution in [2.45, 2.75) is 25.7 Å². The molecule has 5 nitrogen and oxygen atoms in total. The Morgan fingerprint density at radius 2 is 1.70 bits per heavy atom. The molecule has 1 aliphatic rings. The Balaban J connectivity index is 1.44. The first-order valence-electron chi connectivity index (χ1n) is 8.91. The molecule has 27 heavy (non-hydrogen) atoms. The normalized spacial score (nSPS) is 18.1. The summed E-state index contributed by atoms with van der Waals surface area (Å²) in [7, 11) is 1.65. The summed E-state index contributed by atoms with van der Waals surface area (Å²) in [5, 5.41) is 5.14. The maximum Gasteiger partial charge on any atom is 0.265 e. The number of hydrogen-bond donors (Lipinski definition) is 1. The summed E-state index contributed by atoms with van der Waals surface area (Å²) in [4.78, 5) is 12.6. The van der Waals surface area contributed by atoms with Crippen molar-refractivity contribution >= 4 is 16.7 Å². The minimum atomic E-state index is -0.676. The molecule has 0 bridgehead atoms. The fourth-order valence-corrected chi connectivity index (χ4v) is 3.21. The van der Waals surface area contributed by atoms with Crippen molar-refractivity contribution in [3.63, 3.8) is 0 Å². The summed E-state index contributed by atoms with van der Waals surface area (Å²) in [6.07, 6.45) is -1.03. The van der Waals surface area contributed by atoms with Gasteiger partial charge in [-0.15, -0.1) is 0 Å². The van der Waals surface area contributed by atoms with Crippen molar-refractivity contribution in [3.8, 4) is 17.2 Å². The lowest BCUT2D eigenvalue weighted by Gasteiger charge is -2.31. The second-order valence-corrected chi connectivity index (χ2v) is 6.57. The van der Waals surface area contributed by atoms with Crippen molar-refractivity contribution in [3.05, 3.63) is 66.2 Å². The molecule has 0 aromatic heterocycles. The largest absolute Gasteiger partial charge is 0.497 e. The van der Waals surface area contributed by atoms with E-state index in [4.69, 9.17) is 14.2 Å². The van der Waals surface area contributed by atoms with Crippen molar-refractivity contribution in [2.24, 2.45) is 0 Å². The van der Waals surface area contributed by atoms with Gasteiger partial charge in [0, 0.05) is 6.54 Å². The van der Waals surface area contributed by atoms with Crippen molar-refractivity contribution in [2.75, 3.05) is 7.11 Å². The van der Waals surface area contributed by atoms with Crippen LogP contribution in [-0.2, 0) is 11.3 Å². The Bertz CT molecular complexity index is 985. The molecule has 0 fully saturated rings. The fourth-order valence-electron chi connectivity index (χ4n) is 3.21. The maximum atomic E-state index is 12.6. The minimum absolute atomic E-state index is 0.188. The van der Waals surface area contributed by atoms with Gasteiger partial charge in [-0.05, 0) is 53.6 Å². The Kier molecular flexibility index (Phi) is 4.59. The van der Waals surface area contributed by atoms with E-state index in [1.165, 1.54) is 0 Å². The van der Waals surface area contributed by atoms with Crippen LogP contribution in [0, 0.1) is 0 Å². The molecule has 0 radical (unpaired) electrons. The summed E-state index contributed by atoms with van der Waals surface area (Å²) in [6, 6.07) is 19.4. The van der Waals surface area contributed by atoms with Crippen LogP contribution >= 0.6 is 0 Å². The van der Waals surface area contributed by atoms with Crippen LogP contribution in [-0.4, -0.2) is 25.2 Å². The Morgan fingerprint density at radius 3 is 2.48 bits per heavy atom. The quantitative estimate of drug-likeness (QED) is 0.768. The molecule has 138 valence electrons. The van der Waals surface area contributed by atoms with Crippen LogP contribution in [0.5, 0.6) is 17.2 Å². The topological polar surface area (TPSA) is 56.8 Å². The van der Waals surface area contributed by atoms with Gasteiger partial charge < -0.3 is 19.5 Å². The lowest BCUT2D eigenvalue weighted by atomic mass is 10.1. The first kappa shape index (κ1) is 17.2. The summed E-state index contributed by atoms with van der Waals surface area (Å²) < 4.78 is 16.9. The van der Waals surface area contributed by atoms with Gasteiger partial charge in [-0.2, -0.15) is 0 Å². The van der Waals surface area contributed by atoms with Gasteiger partial charge in [0.15, 0.2) is 11.5 Å². The molecule has 2 unspecified atom stereocenters. The Hall–Kier alpha value is -3.21. The molecule has 0 spiro atoms. The second kappa shape index (κ2) is 7.19. The van der Waals surface area contributed by atoms with Gasteiger partial charge in [0.25, 0.3) is 5.91 Å². The first-order valence-corrected chi connectivity index (χ1v) is 8.91. The summed E-state index contributed by atoms with van der Waals surface area (Å²) >= 11 is 0. The van der Waals surface area contributed by atoms with Gasteiger partial charge in [-0.25, -0.2) is 0 Å². The number of carbonyl (C=O) groups is 1. The van der Waals surface area contributed by atoms with E-state index in [2.05, 4.69) is 11.4 Å². The van der Waals surface area contributed by atoms with Crippen molar-refractivity contribution in [1.82, 2.24) is 5.32 Å². The van der Waals surface area contributed by atoms with Crippen LogP contribution in [0.4, 0.5) is 0 Å². The zero-order valence-corrected chi connectivity index (χ0v) is 15.3. The number of nitrogens with one attached hydrogen (secondary N) is 1. The second-order valence-electron chi connectivity index (χ2n) is 6.57. The minimum Gasteiger partial charge on any atom is -0.497 e. The number of carbonyl (C=O) groups excluding carboxylic acids is 1. The summed E-state index contributed by atoms with van der Waals surface area (Å²) in [5.74, 6) is 1.90. The van der Waals surface area contributed by atoms with Crippen LogP contribution in [0.2, 0.25) is 0 Å². The fraction of sp³-hybridized carbons (Fsp3) is 0.227. The number of ether oxygens (including phenoxy) is 3. The molecule has 4 rings (SSSR count). The molecule has 3 aromatic carbocycles. The van der Waals surface area contributed by atoms with E-state index in [1.54, 1.807) is 13.2 Å². The lowest BCUT2D eigenvalue weighted by molar-refractivity contribution is -0.133. The van der Waals surface area contributed by atoms with Crippen LogP contribution in [0.3, 0.4) is 0 Å². The predicted octanol–water partition coefficient (Wildman–Crippen LogP) is 3.69. The van der Waals surface area contributed by atoms with E-state index in [1.807, 2.05) is 55.5 Å². The highest BCUT2D eigenvalue weighted by Gasteiger charge is 2.33. The average Bonchev–Trinajstić information content (AvgIpc) is 2.70. The number of hydrogen-bond acceptors (Lipinski definition) is 4. The molecule has 2 atom stereocenters. The molecule has 5 heteroatoms. The number of para-hydroxylation sites is 2. The van der Waals surface area contributed by atoms with Crippen LogP contribution < -0.4 is 19.5 Å². The monoisotopic (exact) mass is 363 g/mol. The van der Waals surface area contributed by atoms with Gasteiger partial charge in [-0.3, -0.25) is 4.79 Å². The van der Waals surface area contributed by atoms with E-state index in [0.29, 0.717) is 18.0 Å². The molecule has 0 saturated carbocycles. The highest BCUT2D eigenvalue weighted by atomic mass is 16.6. The summed E-state index contributed by atoms with van der Waals surface area (Å²) in [6.45, 7) is 2.26.